The second-order valence-electron chi connectivity index (χ2n) is 5.56. The Morgan fingerprint density at radius 3 is 2.30 bits per heavy atom. The molecule has 1 unspecified atom stereocenters. The van der Waals surface area contributed by atoms with Gasteiger partial charge in [0.05, 0.1) is 6.61 Å². The number of carbonyl (C=O) groups is 1. The van der Waals surface area contributed by atoms with Gasteiger partial charge >= 0.3 is 0 Å². The summed E-state index contributed by atoms with van der Waals surface area (Å²) in [7, 11) is 4.01. The van der Waals surface area contributed by atoms with Crippen molar-refractivity contribution in [2.24, 2.45) is 0 Å². The Labute approximate surface area is 142 Å². The minimum absolute atomic E-state index is 0.0612. The maximum Gasteiger partial charge on any atom is 0.164 e. The monoisotopic (exact) mass is 329 g/mol. The molecule has 0 aliphatic rings. The molecule has 0 saturated carbocycles. The summed E-state index contributed by atoms with van der Waals surface area (Å²) in [5, 5.41) is 9.18. The van der Waals surface area contributed by atoms with Gasteiger partial charge in [-0.1, -0.05) is 42.5 Å². The van der Waals surface area contributed by atoms with Crippen LogP contribution in [0.25, 0.3) is 0 Å². The highest BCUT2D eigenvalue weighted by Gasteiger charge is 2.17. The Balaban J connectivity index is 2.14. The van der Waals surface area contributed by atoms with Crippen molar-refractivity contribution >= 4 is 23.2 Å². The minimum atomic E-state index is 0.0612. The summed E-state index contributed by atoms with van der Waals surface area (Å²) >= 11 is 1.63. The molecule has 0 radical (unpaired) electrons. The molecule has 3 nitrogen and oxygen atoms in total. The fourth-order valence-electron chi connectivity index (χ4n) is 2.37. The van der Waals surface area contributed by atoms with E-state index in [-0.39, 0.29) is 17.6 Å². The van der Waals surface area contributed by atoms with Gasteiger partial charge in [-0.3, -0.25) is 4.79 Å². The van der Waals surface area contributed by atoms with E-state index in [2.05, 4.69) is 29.2 Å². The number of rotatable bonds is 8. The highest BCUT2D eigenvalue weighted by atomic mass is 32.2. The molecule has 122 valence electrons. The molecule has 1 atom stereocenters. The first-order valence-corrected chi connectivity index (χ1v) is 8.74. The van der Waals surface area contributed by atoms with Gasteiger partial charge in [-0.25, -0.2) is 0 Å². The zero-order chi connectivity index (χ0) is 16.7. The Kier molecular flexibility index (Phi) is 6.68. The lowest BCUT2D eigenvalue weighted by Gasteiger charge is -2.18. The highest BCUT2D eigenvalue weighted by Crippen LogP contribution is 2.34. The molecule has 2 aromatic carbocycles. The van der Waals surface area contributed by atoms with Crippen LogP contribution >= 0.6 is 11.8 Å². The number of hydrogen-bond donors (Lipinski definition) is 1. The SMILES string of the molecule is CN(C)c1ccc(C(CC(=O)c2ccccc2)SCCO)cc1. The number of aliphatic hydroxyl groups excluding tert-OH is 1. The zero-order valence-electron chi connectivity index (χ0n) is 13.6. The van der Waals surface area contributed by atoms with Crippen LogP contribution in [0.2, 0.25) is 0 Å². The molecule has 0 bridgehead atoms. The van der Waals surface area contributed by atoms with Gasteiger partial charge in [0.25, 0.3) is 0 Å². The topological polar surface area (TPSA) is 40.5 Å². The minimum Gasteiger partial charge on any atom is -0.396 e. The molecule has 23 heavy (non-hydrogen) atoms. The summed E-state index contributed by atoms with van der Waals surface area (Å²) in [6, 6.07) is 17.7. The summed E-state index contributed by atoms with van der Waals surface area (Å²) in [4.78, 5) is 14.5. The van der Waals surface area contributed by atoms with Crippen molar-refractivity contribution in [3.63, 3.8) is 0 Å². The van der Waals surface area contributed by atoms with Gasteiger partial charge in [-0.05, 0) is 17.7 Å². The van der Waals surface area contributed by atoms with E-state index in [1.807, 2.05) is 44.4 Å². The van der Waals surface area contributed by atoms with Gasteiger partial charge in [-0.2, -0.15) is 11.8 Å². The second kappa shape index (κ2) is 8.75. The van der Waals surface area contributed by atoms with E-state index in [4.69, 9.17) is 5.11 Å². The number of hydrogen-bond acceptors (Lipinski definition) is 4. The average Bonchev–Trinajstić information content (AvgIpc) is 2.59. The first-order chi connectivity index (χ1) is 11.1. The second-order valence-corrected chi connectivity index (χ2v) is 6.87. The lowest BCUT2D eigenvalue weighted by Crippen LogP contribution is -2.09. The summed E-state index contributed by atoms with van der Waals surface area (Å²) in [5.74, 6) is 0.764. The third-order valence-corrected chi connectivity index (χ3v) is 4.92. The number of nitrogens with zero attached hydrogens (tertiary/aromatic N) is 1. The molecule has 0 aromatic heterocycles. The van der Waals surface area contributed by atoms with Crippen molar-refractivity contribution in [1.82, 2.24) is 0 Å². The Morgan fingerprint density at radius 1 is 1.09 bits per heavy atom. The molecular weight excluding hydrogens is 306 g/mol. The highest BCUT2D eigenvalue weighted by molar-refractivity contribution is 7.99. The predicted molar refractivity (Wildman–Crippen MR) is 98.4 cm³/mol. The molecule has 0 aliphatic heterocycles. The van der Waals surface area contributed by atoms with E-state index in [0.717, 1.165) is 16.8 Å². The maximum absolute atomic E-state index is 12.5. The van der Waals surface area contributed by atoms with Crippen molar-refractivity contribution in [2.75, 3.05) is 31.4 Å². The molecule has 0 amide bonds. The zero-order valence-corrected chi connectivity index (χ0v) is 14.4. The predicted octanol–water partition coefficient (Wildman–Crippen LogP) is 3.79. The average molecular weight is 329 g/mol. The van der Waals surface area contributed by atoms with Crippen LogP contribution in [0.1, 0.15) is 27.6 Å². The van der Waals surface area contributed by atoms with Crippen LogP contribution in [0.5, 0.6) is 0 Å². The van der Waals surface area contributed by atoms with E-state index < -0.39 is 0 Å². The van der Waals surface area contributed by atoms with Gasteiger partial charge in [0, 0.05) is 42.8 Å². The molecule has 0 spiro atoms. The first kappa shape index (κ1) is 17.6. The number of benzene rings is 2. The standard InChI is InChI=1S/C19H23NO2S/c1-20(2)17-10-8-16(9-11-17)19(23-13-12-21)14-18(22)15-6-4-3-5-7-15/h3-11,19,21H,12-14H2,1-2H3. The van der Waals surface area contributed by atoms with Crippen molar-refractivity contribution in [2.45, 2.75) is 11.7 Å². The summed E-state index contributed by atoms with van der Waals surface area (Å²) in [5.41, 5.74) is 3.00. The van der Waals surface area contributed by atoms with Crippen molar-refractivity contribution in [3.05, 3.63) is 65.7 Å². The number of aliphatic hydroxyl groups is 1. The van der Waals surface area contributed by atoms with E-state index >= 15 is 0 Å². The van der Waals surface area contributed by atoms with Crippen LogP contribution in [-0.2, 0) is 0 Å². The van der Waals surface area contributed by atoms with E-state index in [9.17, 15) is 4.79 Å². The van der Waals surface area contributed by atoms with Gasteiger partial charge < -0.3 is 10.0 Å². The van der Waals surface area contributed by atoms with Crippen LogP contribution in [-0.4, -0.2) is 37.3 Å². The molecule has 0 fully saturated rings. The van der Waals surface area contributed by atoms with Crippen LogP contribution in [0, 0.1) is 0 Å². The molecule has 0 heterocycles. The Bertz CT molecular complexity index is 611. The Morgan fingerprint density at radius 2 is 1.74 bits per heavy atom. The molecule has 0 saturated heterocycles. The molecule has 1 N–H and O–H groups in total. The third-order valence-electron chi connectivity index (χ3n) is 3.66. The number of ketones is 1. The summed E-state index contributed by atoms with van der Waals surface area (Å²) in [6.07, 6.45) is 0.440. The number of Topliss-reactive ketones (excluding diaryl/α,β-unsaturated/α-hetero) is 1. The maximum atomic E-state index is 12.5. The molecule has 4 heteroatoms. The summed E-state index contributed by atoms with van der Waals surface area (Å²) < 4.78 is 0. The van der Waals surface area contributed by atoms with Crippen LogP contribution in [0.3, 0.4) is 0 Å². The number of carbonyl (C=O) groups excluding carboxylic acids is 1. The molecule has 0 aliphatic carbocycles. The lowest BCUT2D eigenvalue weighted by atomic mass is 10.0. The van der Waals surface area contributed by atoms with Crippen molar-refractivity contribution < 1.29 is 9.90 Å². The van der Waals surface area contributed by atoms with E-state index in [1.54, 1.807) is 11.8 Å². The smallest absolute Gasteiger partial charge is 0.164 e. The molecular formula is C19H23NO2S. The fraction of sp³-hybridized carbons (Fsp3) is 0.316. The third kappa shape index (κ3) is 5.12. The van der Waals surface area contributed by atoms with Gasteiger partial charge in [0.1, 0.15) is 0 Å². The van der Waals surface area contributed by atoms with Gasteiger partial charge in [-0.15, -0.1) is 0 Å². The lowest BCUT2D eigenvalue weighted by molar-refractivity contribution is 0.0982. The first-order valence-electron chi connectivity index (χ1n) is 7.70. The summed E-state index contributed by atoms with van der Waals surface area (Å²) in [6.45, 7) is 0.122. The number of anilines is 1. The van der Waals surface area contributed by atoms with Crippen molar-refractivity contribution in [3.8, 4) is 0 Å². The van der Waals surface area contributed by atoms with E-state index in [0.29, 0.717) is 12.2 Å². The van der Waals surface area contributed by atoms with Crippen LogP contribution in [0.15, 0.2) is 54.6 Å². The van der Waals surface area contributed by atoms with Crippen LogP contribution in [0.4, 0.5) is 5.69 Å². The number of thioether (sulfide) groups is 1. The largest absolute Gasteiger partial charge is 0.396 e. The fourth-order valence-corrected chi connectivity index (χ4v) is 3.37. The normalized spacial score (nSPS) is 12.0. The molecule has 2 rings (SSSR count). The van der Waals surface area contributed by atoms with E-state index in [1.165, 1.54) is 0 Å². The van der Waals surface area contributed by atoms with Gasteiger partial charge in [0.2, 0.25) is 0 Å². The van der Waals surface area contributed by atoms with Crippen molar-refractivity contribution in [1.29, 1.82) is 0 Å². The van der Waals surface area contributed by atoms with Crippen LogP contribution < -0.4 is 4.90 Å². The quantitative estimate of drug-likeness (QED) is 0.748. The Hall–Kier alpha value is -1.78. The molecule has 2 aromatic rings. The van der Waals surface area contributed by atoms with Gasteiger partial charge in [0.15, 0.2) is 5.78 Å².